The minimum absolute atomic E-state index is 0.158. The summed E-state index contributed by atoms with van der Waals surface area (Å²) in [5.41, 5.74) is 2.40. The summed E-state index contributed by atoms with van der Waals surface area (Å²) in [4.78, 5) is 56.2. The number of anilines is 1. The summed E-state index contributed by atoms with van der Waals surface area (Å²) in [6.45, 7) is 0.299. The lowest BCUT2D eigenvalue weighted by Crippen LogP contribution is -2.48. The molecule has 1 saturated carbocycles. The second-order valence-electron chi connectivity index (χ2n) is 10.1. The number of hydrogen-bond acceptors (Lipinski definition) is 5. The number of urea groups is 2. The van der Waals surface area contributed by atoms with Crippen LogP contribution in [0, 0.1) is 5.92 Å². The summed E-state index contributed by atoms with van der Waals surface area (Å²) in [5, 5.41) is 10.2. The van der Waals surface area contributed by atoms with Gasteiger partial charge in [-0.3, -0.25) is 14.5 Å². The molecule has 1 aromatic carbocycles. The molecule has 0 bridgehead atoms. The Morgan fingerprint density at radius 1 is 1.14 bits per heavy atom. The highest BCUT2D eigenvalue weighted by Crippen LogP contribution is 2.43. The van der Waals surface area contributed by atoms with Crippen molar-refractivity contribution >= 4 is 40.9 Å². The van der Waals surface area contributed by atoms with Gasteiger partial charge < -0.3 is 20.9 Å². The van der Waals surface area contributed by atoms with E-state index in [2.05, 4.69) is 27.4 Å². The number of carbonyl (C=O) groups excluding carboxylic acids is 4. The molecule has 1 aromatic heterocycles. The van der Waals surface area contributed by atoms with Gasteiger partial charge in [0.05, 0.1) is 6.54 Å². The number of nitrogens with one attached hydrogen (secondary N) is 3. The van der Waals surface area contributed by atoms with Crippen molar-refractivity contribution in [3.8, 4) is 0 Å². The third kappa shape index (κ3) is 3.75. The van der Waals surface area contributed by atoms with Crippen molar-refractivity contribution in [1.29, 1.82) is 0 Å². The molecule has 6 rings (SSSR count). The second kappa shape index (κ2) is 8.62. The number of thiophene rings is 1. The molecule has 6 amide bonds. The largest absolute Gasteiger partial charge is 0.341 e. The number of aryl methyl sites for hydroxylation is 2. The summed E-state index contributed by atoms with van der Waals surface area (Å²) >= 11 is 1.67. The SMILES string of the molecule is CNC(=O)Nc1ccc2c(c1)CC[C@]21NC(=O)N(CC(=O)N2Cc3sccc3CCC2C2CC2)C1=O. The van der Waals surface area contributed by atoms with Gasteiger partial charge in [0.15, 0.2) is 0 Å². The molecule has 188 valence electrons. The molecular formula is C26H29N5O4S. The number of benzene rings is 1. The number of hydrogen-bond donors (Lipinski definition) is 3. The molecule has 4 aliphatic rings. The Labute approximate surface area is 213 Å². The maximum absolute atomic E-state index is 13.7. The van der Waals surface area contributed by atoms with Crippen molar-refractivity contribution < 1.29 is 19.2 Å². The van der Waals surface area contributed by atoms with Crippen molar-refractivity contribution in [2.45, 2.75) is 56.7 Å². The van der Waals surface area contributed by atoms with Crippen LogP contribution in [0.1, 0.15) is 47.3 Å². The first kappa shape index (κ1) is 23.0. The van der Waals surface area contributed by atoms with Gasteiger partial charge in [0.25, 0.3) is 5.91 Å². The number of fused-ring (bicyclic) bond motifs is 3. The van der Waals surface area contributed by atoms with Crippen LogP contribution in [0.15, 0.2) is 29.6 Å². The van der Waals surface area contributed by atoms with Crippen LogP contribution in [-0.4, -0.2) is 53.3 Å². The van der Waals surface area contributed by atoms with Crippen LogP contribution in [0.5, 0.6) is 0 Å². The summed E-state index contributed by atoms with van der Waals surface area (Å²) in [6, 6.07) is 6.80. The van der Waals surface area contributed by atoms with Crippen molar-refractivity contribution in [2.24, 2.45) is 5.92 Å². The Morgan fingerprint density at radius 3 is 2.75 bits per heavy atom. The lowest BCUT2D eigenvalue weighted by Gasteiger charge is -2.31. The first-order chi connectivity index (χ1) is 17.4. The van der Waals surface area contributed by atoms with Crippen molar-refractivity contribution in [1.82, 2.24) is 20.4 Å². The molecule has 0 radical (unpaired) electrons. The normalized spacial score (nSPS) is 24.9. The van der Waals surface area contributed by atoms with Gasteiger partial charge in [0.1, 0.15) is 12.1 Å². The van der Waals surface area contributed by atoms with Crippen molar-refractivity contribution in [3.05, 3.63) is 51.2 Å². The monoisotopic (exact) mass is 507 g/mol. The van der Waals surface area contributed by atoms with E-state index in [1.165, 1.54) is 17.5 Å². The first-order valence-electron chi connectivity index (χ1n) is 12.5. The van der Waals surface area contributed by atoms with Gasteiger partial charge in [-0.25, -0.2) is 9.59 Å². The molecule has 1 saturated heterocycles. The lowest BCUT2D eigenvalue weighted by molar-refractivity contribution is -0.141. The van der Waals surface area contributed by atoms with Crippen LogP contribution in [-0.2, 0) is 34.5 Å². The Balaban J connectivity index is 1.22. The molecule has 1 spiro atoms. The van der Waals surface area contributed by atoms with Gasteiger partial charge in [0.2, 0.25) is 5.91 Å². The molecule has 2 atom stereocenters. The topological polar surface area (TPSA) is 111 Å². The van der Waals surface area contributed by atoms with E-state index in [9.17, 15) is 19.2 Å². The Morgan fingerprint density at radius 2 is 1.97 bits per heavy atom. The fraction of sp³-hybridized carbons (Fsp3) is 0.462. The highest BCUT2D eigenvalue weighted by molar-refractivity contribution is 7.10. The standard InChI is InChI=1S/C26H29N5O4S/c1-27-24(34)28-18-5-6-19-17(12-18)8-10-26(19)23(33)31(25(35)29-26)14-22(32)30-13-21-16(9-11-36-21)4-7-20(30)15-2-3-15/h5-6,9,11-12,15,20H,2-4,7-8,10,13-14H2,1H3,(H,29,35)(H2,27,28,34)/t20?,26-/m0/s1. The van der Waals surface area contributed by atoms with E-state index in [-0.39, 0.29) is 30.4 Å². The zero-order valence-corrected chi connectivity index (χ0v) is 21.0. The Kier molecular flexibility index (Phi) is 5.51. The predicted octanol–water partition coefficient (Wildman–Crippen LogP) is 2.95. The molecule has 2 aromatic rings. The van der Waals surface area contributed by atoms with Gasteiger partial charge in [0, 0.05) is 23.7 Å². The van der Waals surface area contributed by atoms with Gasteiger partial charge in [-0.05, 0) is 84.7 Å². The molecule has 9 nitrogen and oxygen atoms in total. The van der Waals surface area contributed by atoms with E-state index >= 15 is 0 Å². The fourth-order valence-electron chi connectivity index (χ4n) is 6.00. The zero-order valence-electron chi connectivity index (χ0n) is 20.1. The van der Waals surface area contributed by atoms with Gasteiger partial charge in [-0.15, -0.1) is 11.3 Å². The van der Waals surface area contributed by atoms with Crippen molar-refractivity contribution in [3.63, 3.8) is 0 Å². The third-order valence-corrected chi connectivity index (χ3v) is 8.98. The van der Waals surface area contributed by atoms with Gasteiger partial charge in [-0.2, -0.15) is 0 Å². The molecule has 2 aliphatic carbocycles. The van der Waals surface area contributed by atoms with Gasteiger partial charge in [-0.1, -0.05) is 6.07 Å². The molecule has 3 N–H and O–H groups in total. The number of rotatable bonds is 4. The minimum Gasteiger partial charge on any atom is -0.341 e. The van der Waals surface area contributed by atoms with Crippen LogP contribution >= 0.6 is 11.3 Å². The smallest absolute Gasteiger partial charge is 0.325 e. The molecule has 3 heterocycles. The molecule has 1 unspecified atom stereocenters. The molecule has 2 fully saturated rings. The molecule has 2 aliphatic heterocycles. The number of imide groups is 1. The Hall–Kier alpha value is -3.40. The molecule has 10 heteroatoms. The number of nitrogens with zero attached hydrogens (tertiary/aromatic N) is 2. The number of carbonyl (C=O) groups is 4. The van der Waals surface area contributed by atoms with E-state index in [0.717, 1.165) is 41.7 Å². The minimum atomic E-state index is -1.16. The zero-order chi connectivity index (χ0) is 25.0. The number of amides is 6. The average Bonchev–Trinajstić information content (AvgIpc) is 3.50. The Bertz CT molecular complexity index is 1270. The molecule has 36 heavy (non-hydrogen) atoms. The van der Waals surface area contributed by atoms with E-state index in [1.807, 2.05) is 11.0 Å². The van der Waals surface area contributed by atoms with E-state index in [1.54, 1.807) is 23.5 Å². The predicted molar refractivity (Wildman–Crippen MR) is 134 cm³/mol. The second-order valence-corrected chi connectivity index (χ2v) is 11.1. The van der Waals surface area contributed by atoms with Crippen LogP contribution in [0.2, 0.25) is 0 Å². The van der Waals surface area contributed by atoms with E-state index < -0.39 is 11.6 Å². The first-order valence-corrected chi connectivity index (χ1v) is 13.4. The molecular weight excluding hydrogens is 478 g/mol. The highest BCUT2D eigenvalue weighted by atomic mass is 32.1. The van der Waals surface area contributed by atoms with Crippen LogP contribution in [0.4, 0.5) is 15.3 Å². The van der Waals surface area contributed by atoms with E-state index in [4.69, 9.17) is 0 Å². The quantitative estimate of drug-likeness (QED) is 0.553. The maximum Gasteiger partial charge on any atom is 0.325 e. The van der Waals surface area contributed by atoms with E-state index in [0.29, 0.717) is 31.0 Å². The highest BCUT2D eigenvalue weighted by Gasteiger charge is 2.56. The van der Waals surface area contributed by atoms with Gasteiger partial charge >= 0.3 is 12.1 Å². The average molecular weight is 508 g/mol. The third-order valence-electron chi connectivity index (χ3n) is 8.04. The lowest BCUT2D eigenvalue weighted by atomic mass is 9.91. The van der Waals surface area contributed by atoms with Crippen LogP contribution < -0.4 is 16.0 Å². The summed E-state index contributed by atoms with van der Waals surface area (Å²) in [5.74, 6) is -0.0324. The maximum atomic E-state index is 13.7. The van der Waals surface area contributed by atoms with Crippen LogP contribution in [0.3, 0.4) is 0 Å². The summed E-state index contributed by atoms with van der Waals surface area (Å²) in [6.07, 6.45) is 5.15. The van der Waals surface area contributed by atoms with Crippen LogP contribution in [0.25, 0.3) is 0 Å². The summed E-state index contributed by atoms with van der Waals surface area (Å²) < 4.78 is 0. The van der Waals surface area contributed by atoms with Crippen molar-refractivity contribution in [2.75, 3.05) is 18.9 Å². The fourth-order valence-corrected chi connectivity index (χ4v) is 6.93. The summed E-state index contributed by atoms with van der Waals surface area (Å²) in [7, 11) is 1.54.